The molecule has 0 aromatic heterocycles. The van der Waals surface area contributed by atoms with Crippen LogP contribution in [0.25, 0.3) is 0 Å². The van der Waals surface area contributed by atoms with Crippen LogP contribution < -0.4 is 0 Å². The van der Waals surface area contributed by atoms with Gasteiger partial charge in [0.2, 0.25) is 0 Å². The summed E-state index contributed by atoms with van der Waals surface area (Å²) in [7, 11) is 0. The van der Waals surface area contributed by atoms with Crippen molar-refractivity contribution >= 4 is 11.9 Å². The maximum Gasteiger partial charge on any atom is 0.306 e. The largest absolute Gasteiger partial charge is 0.466 e. The summed E-state index contributed by atoms with van der Waals surface area (Å²) in [6, 6.07) is 0. The molecule has 4 heteroatoms. The average molecular weight is 314 g/mol. The predicted molar refractivity (Wildman–Crippen MR) is 88.6 cm³/mol. The van der Waals surface area contributed by atoms with Crippen LogP contribution in [-0.4, -0.2) is 24.6 Å². The van der Waals surface area contributed by atoms with E-state index >= 15 is 0 Å². The lowest BCUT2D eigenvalue weighted by atomic mass is 9.95. The van der Waals surface area contributed by atoms with Crippen molar-refractivity contribution in [3.05, 3.63) is 0 Å². The van der Waals surface area contributed by atoms with Crippen LogP contribution in [0.1, 0.15) is 85.5 Å². The summed E-state index contributed by atoms with van der Waals surface area (Å²) >= 11 is 0. The number of esters is 2. The van der Waals surface area contributed by atoms with Gasteiger partial charge in [-0.3, -0.25) is 9.59 Å². The minimum atomic E-state index is -0.310. The Bertz CT molecular complexity index is 297. The van der Waals surface area contributed by atoms with Gasteiger partial charge in [0.15, 0.2) is 0 Å². The third-order valence-electron chi connectivity index (χ3n) is 4.10. The van der Waals surface area contributed by atoms with Gasteiger partial charge in [0.1, 0.15) is 6.10 Å². The Balaban J connectivity index is 3.93. The Hall–Kier alpha value is -1.06. The molecule has 1 atom stereocenters. The number of carbonyl (C=O) groups is 2. The molecule has 4 nitrogen and oxygen atoms in total. The third-order valence-corrected chi connectivity index (χ3v) is 4.10. The van der Waals surface area contributed by atoms with E-state index in [0.717, 1.165) is 32.1 Å². The summed E-state index contributed by atoms with van der Waals surface area (Å²) in [4.78, 5) is 23.2. The van der Waals surface area contributed by atoms with Gasteiger partial charge in [0.05, 0.1) is 19.4 Å². The van der Waals surface area contributed by atoms with Gasteiger partial charge in [-0.25, -0.2) is 0 Å². The monoisotopic (exact) mass is 314 g/mol. The molecule has 0 fully saturated rings. The Kier molecular flexibility index (Phi) is 12.9. The molecule has 0 rings (SSSR count). The van der Waals surface area contributed by atoms with Crippen molar-refractivity contribution < 1.29 is 19.1 Å². The van der Waals surface area contributed by atoms with E-state index < -0.39 is 0 Å². The molecule has 0 N–H and O–H groups in total. The zero-order valence-corrected chi connectivity index (χ0v) is 14.9. The smallest absolute Gasteiger partial charge is 0.306 e. The molecule has 0 spiro atoms. The average Bonchev–Trinajstić information content (AvgIpc) is 2.52. The molecule has 0 heterocycles. The van der Waals surface area contributed by atoms with Gasteiger partial charge in [0, 0.05) is 0 Å². The molecule has 0 saturated carbocycles. The quantitative estimate of drug-likeness (QED) is 0.367. The summed E-state index contributed by atoms with van der Waals surface area (Å²) in [5.41, 5.74) is 0. The molecule has 0 bridgehead atoms. The van der Waals surface area contributed by atoms with Gasteiger partial charge in [-0.1, -0.05) is 47.0 Å². The van der Waals surface area contributed by atoms with E-state index in [0.29, 0.717) is 12.5 Å². The van der Waals surface area contributed by atoms with Crippen LogP contribution in [0.5, 0.6) is 0 Å². The Labute approximate surface area is 135 Å². The van der Waals surface area contributed by atoms with Crippen molar-refractivity contribution in [1.82, 2.24) is 0 Å². The second-order valence-corrected chi connectivity index (χ2v) is 5.85. The number of hydrogen-bond acceptors (Lipinski definition) is 4. The molecular formula is C18H34O4. The van der Waals surface area contributed by atoms with Crippen LogP contribution in [0.15, 0.2) is 0 Å². The van der Waals surface area contributed by atoms with Crippen LogP contribution in [0.3, 0.4) is 0 Å². The lowest BCUT2D eigenvalue weighted by Crippen LogP contribution is -2.19. The minimum absolute atomic E-state index is 0.0239. The van der Waals surface area contributed by atoms with E-state index in [2.05, 4.69) is 13.8 Å². The van der Waals surface area contributed by atoms with Crippen molar-refractivity contribution in [2.75, 3.05) is 6.61 Å². The van der Waals surface area contributed by atoms with Crippen molar-refractivity contribution in [2.24, 2.45) is 5.92 Å². The van der Waals surface area contributed by atoms with Gasteiger partial charge in [-0.05, 0) is 31.6 Å². The lowest BCUT2D eigenvalue weighted by Gasteiger charge is -2.19. The number of unbranched alkanes of at least 4 members (excludes halogenated alkanes) is 1. The van der Waals surface area contributed by atoms with Crippen LogP contribution >= 0.6 is 0 Å². The maximum absolute atomic E-state index is 11.8. The second kappa shape index (κ2) is 13.6. The van der Waals surface area contributed by atoms with Gasteiger partial charge in [-0.15, -0.1) is 0 Å². The van der Waals surface area contributed by atoms with Gasteiger partial charge < -0.3 is 9.47 Å². The van der Waals surface area contributed by atoms with Crippen molar-refractivity contribution in [2.45, 2.75) is 91.6 Å². The Morgan fingerprint density at radius 2 is 1.50 bits per heavy atom. The fraction of sp³-hybridized carbons (Fsp3) is 0.889. The summed E-state index contributed by atoms with van der Waals surface area (Å²) in [5.74, 6) is 0.112. The molecule has 0 aromatic carbocycles. The van der Waals surface area contributed by atoms with Crippen molar-refractivity contribution in [3.63, 3.8) is 0 Å². The lowest BCUT2D eigenvalue weighted by molar-refractivity contribution is -0.154. The Morgan fingerprint density at radius 1 is 0.864 bits per heavy atom. The number of carbonyl (C=O) groups excluding carboxylic acids is 2. The predicted octanol–water partition coefficient (Wildman–Crippen LogP) is 4.65. The number of ether oxygens (including phenoxy) is 2. The van der Waals surface area contributed by atoms with Crippen LogP contribution in [0.2, 0.25) is 0 Å². The van der Waals surface area contributed by atoms with E-state index in [4.69, 9.17) is 9.47 Å². The summed E-state index contributed by atoms with van der Waals surface area (Å²) < 4.78 is 10.5. The molecule has 0 aliphatic rings. The van der Waals surface area contributed by atoms with E-state index in [1.54, 1.807) is 0 Å². The topological polar surface area (TPSA) is 52.6 Å². The van der Waals surface area contributed by atoms with Crippen LogP contribution in [-0.2, 0) is 19.1 Å². The Morgan fingerprint density at radius 3 is 2.05 bits per heavy atom. The fourth-order valence-corrected chi connectivity index (χ4v) is 2.32. The molecule has 0 radical (unpaired) electrons. The van der Waals surface area contributed by atoms with E-state index in [1.165, 1.54) is 12.8 Å². The second-order valence-electron chi connectivity index (χ2n) is 5.85. The molecule has 0 aromatic rings. The highest BCUT2D eigenvalue weighted by Crippen LogP contribution is 2.19. The molecule has 0 aliphatic heterocycles. The summed E-state index contributed by atoms with van der Waals surface area (Å²) in [6.07, 6.45) is 7.24. The third kappa shape index (κ3) is 10.6. The van der Waals surface area contributed by atoms with Gasteiger partial charge in [-0.2, -0.15) is 0 Å². The van der Waals surface area contributed by atoms with E-state index in [-0.39, 0.29) is 30.9 Å². The molecule has 22 heavy (non-hydrogen) atoms. The highest BCUT2D eigenvalue weighted by Gasteiger charge is 2.16. The minimum Gasteiger partial charge on any atom is -0.466 e. The first-order chi connectivity index (χ1) is 10.6. The first kappa shape index (κ1) is 20.9. The number of hydrogen-bond donors (Lipinski definition) is 0. The highest BCUT2D eigenvalue weighted by atomic mass is 16.5. The standard InChI is InChI=1S/C18H34O4/c1-5-9-14-21-17(19)12-13-18(20)22-16(8-4)11-10-15(6-2)7-3/h15-16H,5-14H2,1-4H3. The zero-order chi connectivity index (χ0) is 16.8. The molecule has 1 unspecified atom stereocenters. The SMILES string of the molecule is CCCCOC(=O)CCC(=O)OC(CC)CCC(CC)CC. The highest BCUT2D eigenvalue weighted by molar-refractivity contribution is 5.77. The van der Waals surface area contributed by atoms with Gasteiger partial charge in [0.25, 0.3) is 0 Å². The molecular weight excluding hydrogens is 280 g/mol. The molecule has 0 saturated heterocycles. The van der Waals surface area contributed by atoms with Crippen LogP contribution in [0.4, 0.5) is 0 Å². The zero-order valence-electron chi connectivity index (χ0n) is 14.9. The first-order valence-electron chi connectivity index (χ1n) is 8.92. The van der Waals surface area contributed by atoms with Crippen molar-refractivity contribution in [1.29, 1.82) is 0 Å². The summed E-state index contributed by atoms with van der Waals surface area (Å²) in [5, 5.41) is 0. The molecule has 0 amide bonds. The maximum atomic E-state index is 11.8. The van der Waals surface area contributed by atoms with E-state index in [1.807, 2.05) is 13.8 Å². The van der Waals surface area contributed by atoms with E-state index in [9.17, 15) is 9.59 Å². The fourth-order valence-electron chi connectivity index (χ4n) is 2.32. The van der Waals surface area contributed by atoms with Gasteiger partial charge >= 0.3 is 11.9 Å². The summed E-state index contributed by atoms with van der Waals surface area (Å²) in [6.45, 7) is 8.91. The normalized spacial score (nSPS) is 12.2. The number of rotatable bonds is 13. The molecule has 0 aliphatic carbocycles. The van der Waals surface area contributed by atoms with Crippen LogP contribution in [0, 0.1) is 5.92 Å². The van der Waals surface area contributed by atoms with Crippen molar-refractivity contribution in [3.8, 4) is 0 Å². The molecule has 130 valence electrons. The first-order valence-corrected chi connectivity index (χ1v) is 8.92.